The van der Waals surface area contributed by atoms with Crippen LogP contribution in [-0.4, -0.2) is 6.54 Å². The van der Waals surface area contributed by atoms with Gasteiger partial charge in [-0.25, -0.2) is 0 Å². The maximum absolute atomic E-state index is 6.54. The topological polar surface area (TPSA) is 20.2 Å². The second-order valence-corrected chi connectivity index (χ2v) is 10.0. The van der Waals surface area contributed by atoms with Crippen molar-refractivity contribution in [3.05, 3.63) is 125 Å². The van der Waals surface area contributed by atoms with Gasteiger partial charge in [0.05, 0.1) is 11.5 Å². The van der Waals surface area contributed by atoms with Crippen LogP contribution in [0, 0.1) is 0 Å². The minimum absolute atomic E-state index is 0.690. The van der Waals surface area contributed by atoms with Gasteiger partial charge in [0.1, 0.15) is 6.54 Å². The van der Waals surface area contributed by atoms with Gasteiger partial charge in [-0.1, -0.05) is 42.5 Å². The van der Waals surface area contributed by atoms with Crippen molar-refractivity contribution in [1.82, 2.24) is 0 Å². The highest BCUT2D eigenvalue weighted by molar-refractivity contribution is 5.92. The van der Waals surface area contributed by atoms with E-state index in [-0.39, 0.29) is 0 Å². The minimum atomic E-state index is 0.690. The zero-order chi connectivity index (χ0) is 26.3. The first-order valence-corrected chi connectivity index (χ1v) is 13.7. The number of para-hydroxylation sites is 3. The van der Waals surface area contributed by atoms with Crippen LogP contribution in [0.2, 0.25) is 0 Å². The number of aryl methyl sites for hydroxylation is 1. The minimum Gasteiger partial charge on any atom is -0.448 e. The Labute approximate surface area is 229 Å². The Hall–Kier alpha value is -4.70. The molecule has 5 aromatic rings. The lowest BCUT2D eigenvalue weighted by Crippen LogP contribution is -2.40. The van der Waals surface area contributed by atoms with E-state index in [4.69, 9.17) is 4.74 Å². The van der Waals surface area contributed by atoms with E-state index in [0.717, 1.165) is 35.8 Å². The molecule has 7 rings (SSSR count). The number of hydrogen-bond acceptors (Lipinski definition) is 2. The fourth-order valence-electron chi connectivity index (χ4n) is 5.98. The van der Waals surface area contributed by atoms with Crippen LogP contribution in [0.5, 0.6) is 5.75 Å². The third kappa shape index (κ3) is 4.00. The van der Waals surface area contributed by atoms with Crippen molar-refractivity contribution in [3.8, 4) is 5.75 Å². The molecule has 0 spiro atoms. The Bertz CT molecular complexity index is 1830. The number of rotatable bonds is 4. The van der Waals surface area contributed by atoms with Gasteiger partial charge >= 0.3 is 0 Å². The first-order valence-electron chi connectivity index (χ1n) is 13.7. The predicted molar refractivity (Wildman–Crippen MR) is 159 cm³/mol. The highest BCUT2D eigenvalue weighted by atomic mass is 16.5. The summed E-state index contributed by atoms with van der Waals surface area (Å²) in [5.41, 5.74) is 8.41. The lowest BCUT2D eigenvalue weighted by atomic mass is 10.0. The first kappa shape index (κ1) is 23.4. The van der Waals surface area contributed by atoms with Crippen LogP contribution < -0.4 is 18.8 Å². The zero-order valence-corrected chi connectivity index (χ0v) is 22.3. The molecule has 3 aromatic carbocycles. The number of benzene rings is 3. The molecule has 4 heterocycles. The van der Waals surface area contributed by atoms with Gasteiger partial charge in [0.15, 0.2) is 17.7 Å². The number of pyridine rings is 2. The molecule has 39 heavy (non-hydrogen) atoms. The van der Waals surface area contributed by atoms with Crippen molar-refractivity contribution in [2.45, 2.75) is 26.9 Å². The molecule has 0 atom stereocenters. The average molecular weight is 510 g/mol. The Morgan fingerprint density at radius 2 is 1.72 bits per heavy atom. The number of nitrogens with zero attached hydrogens (tertiary/aromatic N) is 3. The summed E-state index contributed by atoms with van der Waals surface area (Å²) >= 11 is 0. The normalized spacial score (nSPS) is 16.2. The number of anilines is 1. The molecular formula is C35H31N3O+2. The molecule has 0 unspecified atom stereocenters. The molecular weight excluding hydrogens is 478 g/mol. The van der Waals surface area contributed by atoms with Gasteiger partial charge in [0.25, 0.3) is 5.52 Å². The number of ether oxygens (including phenoxy) is 1. The third-order valence-electron chi connectivity index (χ3n) is 7.79. The van der Waals surface area contributed by atoms with Crippen LogP contribution >= 0.6 is 0 Å². The van der Waals surface area contributed by atoms with Crippen LogP contribution in [0.1, 0.15) is 30.7 Å². The number of allylic oxidation sites excluding steroid dienone is 2. The molecule has 190 valence electrons. The van der Waals surface area contributed by atoms with E-state index in [9.17, 15) is 0 Å². The van der Waals surface area contributed by atoms with E-state index >= 15 is 0 Å². The highest BCUT2D eigenvalue weighted by Gasteiger charge is 2.27. The number of hydrogen-bond donors (Lipinski definition) is 0. The average Bonchev–Trinajstić information content (AvgIpc) is 2.98. The molecule has 4 heteroatoms. The fraction of sp³-hybridized carbons (Fsp3) is 0.143. The van der Waals surface area contributed by atoms with E-state index in [1.165, 1.54) is 38.8 Å². The number of aromatic nitrogens is 2. The molecule has 0 fully saturated rings. The van der Waals surface area contributed by atoms with Crippen molar-refractivity contribution < 1.29 is 13.9 Å². The monoisotopic (exact) mass is 509 g/mol. The molecule has 0 saturated carbocycles. The summed E-state index contributed by atoms with van der Waals surface area (Å²) in [5, 5.41) is 2.44. The van der Waals surface area contributed by atoms with E-state index in [0.29, 0.717) is 6.54 Å². The third-order valence-corrected chi connectivity index (χ3v) is 7.79. The second kappa shape index (κ2) is 9.55. The SMILES string of the molecule is CCN1/C(=C/c2cc[n+]3c4c(cccc24)O/C(=C\c2ccc4ccccc4[n+]2CC)C3)C=Cc2ccccc21. The van der Waals surface area contributed by atoms with Crippen LogP contribution in [0.4, 0.5) is 5.69 Å². The van der Waals surface area contributed by atoms with Gasteiger partial charge in [-0.3, -0.25) is 0 Å². The van der Waals surface area contributed by atoms with Crippen molar-refractivity contribution in [1.29, 1.82) is 0 Å². The van der Waals surface area contributed by atoms with Gasteiger partial charge in [0, 0.05) is 41.5 Å². The lowest BCUT2D eigenvalue weighted by molar-refractivity contribution is -0.672. The van der Waals surface area contributed by atoms with Gasteiger partial charge < -0.3 is 9.64 Å². The molecule has 0 saturated heterocycles. The molecule has 2 aliphatic rings. The van der Waals surface area contributed by atoms with E-state index < -0.39 is 0 Å². The van der Waals surface area contributed by atoms with Gasteiger partial charge in [0.2, 0.25) is 17.8 Å². The van der Waals surface area contributed by atoms with Crippen molar-refractivity contribution in [2.75, 3.05) is 11.4 Å². The highest BCUT2D eigenvalue weighted by Crippen LogP contribution is 2.34. The van der Waals surface area contributed by atoms with Crippen LogP contribution in [0.25, 0.3) is 40.0 Å². The van der Waals surface area contributed by atoms with Crippen molar-refractivity contribution >= 4 is 45.7 Å². The zero-order valence-electron chi connectivity index (χ0n) is 22.3. The van der Waals surface area contributed by atoms with Crippen molar-refractivity contribution in [2.24, 2.45) is 0 Å². The molecule has 0 aliphatic carbocycles. The molecule has 0 N–H and O–H groups in total. The predicted octanol–water partition coefficient (Wildman–Crippen LogP) is 6.92. The summed E-state index contributed by atoms with van der Waals surface area (Å²) in [5.74, 6) is 1.83. The summed E-state index contributed by atoms with van der Waals surface area (Å²) in [4.78, 5) is 2.38. The van der Waals surface area contributed by atoms with E-state index in [1.807, 2.05) is 0 Å². The van der Waals surface area contributed by atoms with Gasteiger partial charge in [-0.2, -0.15) is 9.13 Å². The summed E-state index contributed by atoms with van der Waals surface area (Å²) < 4.78 is 11.2. The number of likely N-dealkylation sites (N-methyl/N-ethyl adjacent to an activating group) is 1. The molecule has 2 aromatic heterocycles. The maximum Gasteiger partial charge on any atom is 0.256 e. The standard InChI is InChI=1S/C35H31N3O/c1-3-37-28(18-16-25-10-5-7-13-32(25)37)22-27-20-21-36-24-30(39-34-15-9-12-31(27)35(34)36)23-29-19-17-26-11-6-8-14-33(26)38(29)4-2/h5-23H,3-4,24H2,1-2H3/q+2/b30-23-. The number of fused-ring (bicyclic) bond motifs is 2. The summed E-state index contributed by atoms with van der Waals surface area (Å²) in [6, 6.07) is 30.1. The first-order chi connectivity index (χ1) is 19.2. The molecule has 2 aliphatic heterocycles. The summed E-state index contributed by atoms with van der Waals surface area (Å²) in [6.07, 6.45) is 11.1. The van der Waals surface area contributed by atoms with E-state index in [1.54, 1.807) is 0 Å². The van der Waals surface area contributed by atoms with Crippen LogP contribution in [-0.2, 0) is 13.1 Å². The van der Waals surface area contributed by atoms with Gasteiger partial charge in [-0.05, 0) is 67.5 Å². The molecule has 0 amide bonds. The Morgan fingerprint density at radius 1 is 0.846 bits per heavy atom. The maximum atomic E-state index is 6.54. The molecule has 0 bridgehead atoms. The summed E-state index contributed by atoms with van der Waals surface area (Å²) in [7, 11) is 0. The van der Waals surface area contributed by atoms with Crippen LogP contribution in [0.15, 0.2) is 109 Å². The molecule has 0 radical (unpaired) electrons. The van der Waals surface area contributed by atoms with Crippen molar-refractivity contribution in [3.63, 3.8) is 0 Å². The molecule has 4 nitrogen and oxygen atoms in total. The van der Waals surface area contributed by atoms with Crippen LogP contribution in [0.3, 0.4) is 0 Å². The van der Waals surface area contributed by atoms with E-state index in [2.05, 4.69) is 143 Å². The second-order valence-electron chi connectivity index (χ2n) is 10.0. The Kier molecular flexibility index (Phi) is 5.74. The quantitative estimate of drug-likeness (QED) is 0.245. The van der Waals surface area contributed by atoms with Gasteiger partial charge in [-0.15, -0.1) is 0 Å². The lowest BCUT2D eigenvalue weighted by Gasteiger charge is -2.29. The fourth-order valence-corrected chi connectivity index (χ4v) is 5.98. The summed E-state index contributed by atoms with van der Waals surface area (Å²) in [6.45, 7) is 6.89. The Morgan fingerprint density at radius 3 is 2.62 bits per heavy atom. The smallest absolute Gasteiger partial charge is 0.256 e. The Balaban J connectivity index is 1.28. The largest absolute Gasteiger partial charge is 0.448 e.